The molecule has 0 aromatic heterocycles. The number of hydrogen-bond donors (Lipinski definition) is 1. The van der Waals surface area contributed by atoms with Gasteiger partial charge in [-0.2, -0.15) is 0 Å². The average Bonchev–Trinajstić information content (AvgIpc) is 2.52. The molecule has 1 saturated heterocycles. The Labute approximate surface area is 128 Å². The average molecular weight is 301 g/mol. The van der Waals surface area contributed by atoms with Crippen LogP contribution in [0.1, 0.15) is 37.2 Å². The molecule has 22 heavy (non-hydrogen) atoms. The lowest BCUT2D eigenvalue weighted by molar-refractivity contribution is -0.204. The number of carboxylic acids is 1. The molecule has 4 atom stereocenters. The van der Waals surface area contributed by atoms with E-state index < -0.39 is 17.6 Å². The molecule has 0 unspecified atom stereocenters. The minimum atomic E-state index is -1.03. The molecule has 5 heteroatoms. The van der Waals surface area contributed by atoms with Gasteiger partial charge >= 0.3 is 5.97 Å². The molecule has 1 aromatic rings. The SMILES string of the molecule is CN1C(=O)[C@@H](C(=O)O)[C@@H]2c3ccccc3O[C@@]13CCCC[C@H]23. The minimum Gasteiger partial charge on any atom is -0.481 e. The molecule has 1 aliphatic carbocycles. The van der Waals surface area contributed by atoms with Crippen molar-refractivity contribution in [1.82, 2.24) is 4.90 Å². The third-order valence-electron chi connectivity index (χ3n) is 5.67. The van der Waals surface area contributed by atoms with Crippen LogP contribution in [0.5, 0.6) is 5.75 Å². The van der Waals surface area contributed by atoms with Crippen LogP contribution in [0.3, 0.4) is 0 Å². The highest BCUT2D eigenvalue weighted by Crippen LogP contribution is 2.58. The number of amides is 1. The van der Waals surface area contributed by atoms with E-state index in [4.69, 9.17) is 4.74 Å². The summed E-state index contributed by atoms with van der Waals surface area (Å²) in [7, 11) is 1.70. The predicted octanol–water partition coefficient (Wildman–Crippen LogP) is 2.22. The van der Waals surface area contributed by atoms with E-state index in [1.807, 2.05) is 24.3 Å². The Morgan fingerprint density at radius 3 is 2.91 bits per heavy atom. The largest absolute Gasteiger partial charge is 0.481 e. The number of carboxylic acid groups (broad SMARTS) is 1. The highest BCUT2D eigenvalue weighted by Gasteiger charge is 2.63. The number of rotatable bonds is 1. The summed E-state index contributed by atoms with van der Waals surface area (Å²) in [4.78, 5) is 26.1. The van der Waals surface area contributed by atoms with Gasteiger partial charge in [-0.3, -0.25) is 9.59 Å². The Morgan fingerprint density at radius 1 is 1.36 bits per heavy atom. The van der Waals surface area contributed by atoms with Crippen LogP contribution in [0, 0.1) is 11.8 Å². The van der Waals surface area contributed by atoms with Crippen molar-refractivity contribution >= 4 is 11.9 Å². The van der Waals surface area contributed by atoms with Gasteiger partial charge in [0, 0.05) is 25.3 Å². The maximum Gasteiger partial charge on any atom is 0.316 e. The maximum atomic E-state index is 12.7. The Morgan fingerprint density at radius 2 is 2.14 bits per heavy atom. The molecule has 3 aliphatic rings. The van der Waals surface area contributed by atoms with Gasteiger partial charge in [0.05, 0.1) is 0 Å². The van der Waals surface area contributed by atoms with Crippen molar-refractivity contribution in [3.63, 3.8) is 0 Å². The maximum absolute atomic E-state index is 12.7. The lowest BCUT2D eigenvalue weighted by Gasteiger charge is -2.59. The molecule has 116 valence electrons. The second kappa shape index (κ2) is 4.48. The number of aliphatic carboxylic acids is 1. The zero-order chi connectivity index (χ0) is 15.5. The predicted molar refractivity (Wildman–Crippen MR) is 78.4 cm³/mol. The molecule has 2 bridgehead atoms. The first-order valence-corrected chi connectivity index (χ1v) is 7.85. The minimum absolute atomic E-state index is 0.0555. The van der Waals surface area contributed by atoms with Crippen molar-refractivity contribution < 1.29 is 19.4 Å². The molecule has 5 nitrogen and oxygen atoms in total. The molecule has 0 spiro atoms. The number of piperidine rings is 1. The van der Waals surface area contributed by atoms with Gasteiger partial charge in [-0.15, -0.1) is 0 Å². The normalized spacial score (nSPS) is 36.1. The van der Waals surface area contributed by atoms with Crippen LogP contribution in [0.4, 0.5) is 0 Å². The number of likely N-dealkylation sites (tertiary alicyclic amines) is 1. The fraction of sp³-hybridized carbons (Fsp3) is 0.529. The van der Waals surface area contributed by atoms with Gasteiger partial charge in [0.15, 0.2) is 5.72 Å². The van der Waals surface area contributed by atoms with Gasteiger partial charge in [-0.1, -0.05) is 24.6 Å². The second-order valence-electron chi connectivity index (χ2n) is 6.58. The van der Waals surface area contributed by atoms with E-state index in [9.17, 15) is 14.7 Å². The van der Waals surface area contributed by atoms with Crippen molar-refractivity contribution in [3.8, 4) is 5.75 Å². The molecule has 0 radical (unpaired) electrons. The topological polar surface area (TPSA) is 66.8 Å². The molecule has 4 rings (SSSR count). The lowest BCUT2D eigenvalue weighted by atomic mass is 9.61. The third kappa shape index (κ3) is 1.54. The molecule has 1 aromatic carbocycles. The fourth-order valence-electron chi connectivity index (χ4n) is 4.70. The highest BCUT2D eigenvalue weighted by atomic mass is 16.5. The number of fused-ring (bicyclic) bond motifs is 2. The van der Waals surface area contributed by atoms with E-state index in [-0.39, 0.29) is 17.7 Å². The molecule has 1 amide bonds. The van der Waals surface area contributed by atoms with E-state index >= 15 is 0 Å². The number of benzene rings is 1. The van der Waals surface area contributed by atoms with Gasteiger partial charge in [-0.05, 0) is 24.5 Å². The first kappa shape index (κ1) is 13.6. The van der Waals surface area contributed by atoms with Crippen LogP contribution >= 0.6 is 0 Å². The molecular weight excluding hydrogens is 282 g/mol. The van der Waals surface area contributed by atoms with Crippen molar-refractivity contribution in [3.05, 3.63) is 29.8 Å². The smallest absolute Gasteiger partial charge is 0.316 e. The number of hydrogen-bond acceptors (Lipinski definition) is 3. The molecule has 2 aliphatic heterocycles. The zero-order valence-corrected chi connectivity index (χ0v) is 12.5. The summed E-state index contributed by atoms with van der Waals surface area (Å²) in [6.07, 6.45) is 3.74. The first-order valence-electron chi connectivity index (χ1n) is 7.85. The molecule has 1 N–H and O–H groups in total. The fourth-order valence-corrected chi connectivity index (χ4v) is 4.70. The summed E-state index contributed by atoms with van der Waals surface area (Å²) >= 11 is 0. The van der Waals surface area contributed by atoms with Gasteiger partial charge < -0.3 is 14.7 Å². The quantitative estimate of drug-likeness (QED) is 0.808. The summed E-state index contributed by atoms with van der Waals surface area (Å²) in [6, 6.07) is 7.58. The molecular formula is C17H19NO4. The number of nitrogens with zero attached hydrogens (tertiary/aromatic N) is 1. The number of carbonyl (C=O) groups excluding carboxylic acids is 1. The van der Waals surface area contributed by atoms with Crippen LogP contribution in [0.2, 0.25) is 0 Å². The van der Waals surface area contributed by atoms with Gasteiger partial charge in [-0.25, -0.2) is 0 Å². The zero-order valence-electron chi connectivity index (χ0n) is 12.5. The van der Waals surface area contributed by atoms with E-state index in [0.29, 0.717) is 0 Å². The van der Waals surface area contributed by atoms with Crippen LogP contribution in [0.25, 0.3) is 0 Å². The van der Waals surface area contributed by atoms with Crippen molar-refractivity contribution in [1.29, 1.82) is 0 Å². The summed E-state index contributed by atoms with van der Waals surface area (Å²) in [5.74, 6) is -1.86. The summed E-state index contributed by atoms with van der Waals surface area (Å²) in [5, 5.41) is 9.66. The lowest BCUT2D eigenvalue weighted by Crippen LogP contribution is -2.69. The van der Waals surface area contributed by atoms with Crippen molar-refractivity contribution in [2.24, 2.45) is 11.8 Å². The monoisotopic (exact) mass is 301 g/mol. The van der Waals surface area contributed by atoms with Crippen molar-refractivity contribution in [2.75, 3.05) is 7.05 Å². The van der Waals surface area contributed by atoms with E-state index in [1.165, 1.54) is 0 Å². The third-order valence-corrected chi connectivity index (χ3v) is 5.67. The Kier molecular flexibility index (Phi) is 2.77. The second-order valence-corrected chi connectivity index (χ2v) is 6.58. The summed E-state index contributed by atoms with van der Waals surface area (Å²) < 4.78 is 6.32. The Balaban J connectivity index is 1.96. The summed E-state index contributed by atoms with van der Waals surface area (Å²) in [5.41, 5.74) is 0.208. The van der Waals surface area contributed by atoms with Crippen LogP contribution < -0.4 is 4.74 Å². The van der Waals surface area contributed by atoms with E-state index in [1.54, 1.807) is 11.9 Å². The number of ether oxygens (including phenoxy) is 1. The van der Waals surface area contributed by atoms with Crippen LogP contribution in [-0.4, -0.2) is 34.7 Å². The standard InChI is InChI=1S/C17H19NO4/c1-18-15(19)14(16(20)21)13-10-6-2-3-8-12(10)22-17(18)9-5-4-7-11(13)17/h2-3,6,8,11,13-14H,4-5,7,9H2,1H3,(H,20,21)/t11-,13-,14+,17-/m1/s1. The number of carbonyl (C=O) groups is 2. The van der Waals surface area contributed by atoms with Gasteiger partial charge in [0.2, 0.25) is 5.91 Å². The molecule has 2 heterocycles. The van der Waals surface area contributed by atoms with Gasteiger partial charge in [0.1, 0.15) is 11.7 Å². The first-order chi connectivity index (χ1) is 10.6. The van der Waals surface area contributed by atoms with Crippen molar-refractivity contribution in [2.45, 2.75) is 37.3 Å². The molecule has 1 saturated carbocycles. The Hall–Kier alpha value is -2.04. The van der Waals surface area contributed by atoms with Crippen LogP contribution in [0.15, 0.2) is 24.3 Å². The Bertz CT molecular complexity index is 658. The van der Waals surface area contributed by atoms with E-state index in [2.05, 4.69) is 0 Å². The number of para-hydroxylation sites is 1. The van der Waals surface area contributed by atoms with E-state index in [0.717, 1.165) is 37.0 Å². The summed E-state index contributed by atoms with van der Waals surface area (Å²) in [6.45, 7) is 0. The highest BCUT2D eigenvalue weighted by molar-refractivity contribution is 5.99. The van der Waals surface area contributed by atoms with Gasteiger partial charge in [0.25, 0.3) is 0 Å². The van der Waals surface area contributed by atoms with Crippen LogP contribution in [-0.2, 0) is 9.59 Å². The molecule has 2 fully saturated rings.